The second kappa shape index (κ2) is 4.41. The molecule has 16 heavy (non-hydrogen) atoms. The molecule has 3 rings (SSSR count). The second-order valence-electron chi connectivity index (χ2n) is 4.71. The molecule has 4 heteroatoms. The van der Waals surface area contributed by atoms with Crippen molar-refractivity contribution in [3.63, 3.8) is 0 Å². The lowest BCUT2D eigenvalue weighted by atomic mass is 9.95. The minimum Gasteiger partial charge on any atom is -0.373 e. The summed E-state index contributed by atoms with van der Waals surface area (Å²) >= 11 is 5.43. The number of fused-ring (bicyclic) bond motifs is 2. The summed E-state index contributed by atoms with van der Waals surface area (Å²) < 4.78 is 7.07. The average Bonchev–Trinajstić information content (AvgIpc) is 2.92. The van der Waals surface area contributed by atoms with Crippen LogP contribution in [0.1, 0.15) is 29.0 Å². The van der Waals surface area contributed by atoms with E-state index in [1.807, 2.05) is 11.3 Å². The molecule has 1 aromatic rings. The Balaban J connectivity index is 1.57. The quantitative estimate of drug-likeness (QED) is 0.925. The Labute approximate surface area is 109 Å². The van der Waals surface area contributed by atoms with Gasteiger partial charge in [-0.15, -0.1) is 11.3 Å². The maximum absolute atomic E-state index is 5.83. The summed E-state index contributed by atoms with van der Waals surface area (Å²) in [7, 11) is 0. The van der Waals surface area contributed by atoms with Crippen LogP contribution in [0.4, 0.5) is 0 Å². The number of nitrogens with one attached hydrogen (secondary N) is 1. The molecule has 2 bridgehead atoms. The van der Waals surface area contributed by atoms with Crippen LogP contribution in [0.2, 0.25) is 0 Å². The van der Waals surface area contributed by atoms with Crippen LogP contribution in [-0.4, -0.2) is 18.2 Å². The average molecular weight is 302 g/mol. The third-order valence-corrected chi connectivity index (χ3v) is 5.69. The molecule has 3 atom stereocenters. The third-order valence-electron chi connectivity index (χ3n) is 3.55. The van der Waals surface area contributed by atoms with Gasteiger partial charge in [-0.2, -0.15) is 0 Å². The lowest BCUT2D eigenvalue weighted by Gasteiger charge is -2.19. The maximum atomic E-state index is 5.83. The van der Waals surface area contributed by atoms with E-state index in [2.05, 4.69) is 34.2 Å². The Hall–Kier alpha value is 0.100. The largest absolute Gasteiger partial charge is 0.373 e. The van der Waals surface area contributed by atoms with Gasteiger partial charge in [-0.3, -0.25) is 0 Å². The van der Waals surface area contributed by atoms with Gasteiger partial charge in [0.1, 0.15) is 0 Å². The fourth-order valence-electron chi connectivity index (χ4n) is 2.69. The number of hydrogen-bond donors (Lipinski definition) is 1. The topological polar surface area (TPSA) is 21.3 Å². The molecular formula is C12H16BrNOS. The van der Waals surface area contributed by atoms with E-state index < -0.39 is 0 Å². The Morgan fingerprint density at radius 1 is 1.56 bits per heavy atom. The number of aryl methyl sites for hydroxylation is 1. The smallest absolute Gasteiger partial charge is 0.0733 e. The molecule has 0 saturated carbocycles. The Kier molecular flexibility index (Phi) is 3.09. The molecular weight excluding hydrogens is 286 g/mol. The monoisotopic (exact) mass is 301 g/mol. The summed E-state index contributed by atoms with van der Waals surface area (Å²) in [5.41, 5.74) is 0. The SMILES string of the molecule is Cc1sc(CNC2CC3CCC2O3)cc1Br. The Morgan fingerprint density at radius 2 is 2.44 bits per heavy atom. The Bertz CT molecular complexity index is 373. The molecule has 0 aliphatic carbocycles. The fraction of sp³-hybridized carbons (Fsp3) is 0.667. The van der Waals surface area contributed by atoms with Crippen molar-refractivity contribution in [3.05, 3.63) is 20.3 Å². The van der Waals surface area contributed by atoms with Gasteiger partial charge < -0.3 is 10.1 Å². The first-order valence-corrected chi connectivity index (χ1v) is 7.47. The number of halogens is 1. The molecule has 0 amide bonds. The van der Waals surface area contributed by atoms with E-state index in [-0.39, 0.29) is 0 Å². The van der Waals surface area contributed by atoms with Crippen molar-refractivity contribution in [1.29, 1.82) is 0 Å². The lowest BCUT2D eigenvalue weighted by molar-refractivity contribution is 0.0973. The predicted molar refractivity (Wildman–Crippen MR) is 69.9 cm³/mol. The lowest BCUT2D eigenvalue weighted by Crippen LogP contribution is -2.36. The zero-order valence-corrected chi connectivity index (χ0v) is 11.7. The molecule has 2 fully saturated rings. The van der Waals surface area contributed by atoms with Crippen LogP contribution in [-0.2, 0) is 11.3 Å². The highest BCUT2D eigenvalue weighted by atomic mass is 79.9. The minimum atomic E-state index is 0.481. The highest BCUT2D eigenvalue weighted by Crippen LogP contribution is 2.34. The highest BCUT2D eigenvalue weighted by Gasteiger charge is 2.40. The molecule has 3 unspecified atom stereocenters. The summed E-state index contributed by atoms with van der Waals surface area (Å²) in [4.78, 5) is 2.77. The first-order valence-electron chi connectivity index (χ1n) is 5.86. The molecule has 2 aliphatic rings. The summed E-state index contributed by atoms with van der Waals surface area (Å²) in [5, 5.41) is 3.63. The van der Waals surface area contributed by atoms with Crippen molar-refractivity contribution in [2.75, 3.05) is 0 Å². The van der Waals surface area contributed by atoms with Gasteiger partial charge in [0.25, 0.3) is 0 Å². The summed E-state index contributed by atoms with van der Waals surface area (Å²) in [6, 6.07) is 2.81. The van der Waals surface area contributed by atoms with E-state index in [9.17, 15) is 0 Å². The molecule has 3 heterocycles. The number of hydrogen-bond acceptors (Lipinski definition) is 3. The zero-order chi connectivity index (χ0) is 11.1. The van der Waals surface area contributed by atoms with Crippen LogP contribution in [0.25, 0.3) is 0 Å². The molecule has 1 aromatic heterocycles. The second-order valence-corrected chi connectivity index (χ2v) is 6.91. The van der Waals surface area contributed by atoms with Crippen molar-refractivity contribution in [3.8, 4) is 0 Å². The summed E-state index contributed by atoms with van der Waals surface area (Å²) in [5.74, 6) is 0. The zero-order valence-electron chi connectivity index (χ0n) is 9.33. The van der Waals surface area contributed by atoms with Gasteiger partial charge in [0.05, 0.1) is 12.2 Å². The van der Waals surface area contributed by atoms with Gasteiger partial charge in [0, 0.05) is 26.8 Å². The molecule has 2 nitrogen and oxygen atoms in total. The van der Waals surface area contributed by atoms with Crippen LogP contribution < -0.4 is 5.32 Å². The molecule has 0 spiro atoms. The number of ether oxygens (including phenoxy) is 1. The number of thiophene rings is 1. The van der Waals surface area contributed by atoms with Gasteiger partial charge in [-0.25, -0.2) is 0 Å². The number of rotatable bonds is 3. The van der Waals surface area contributed by atoms with Crippen molar-refractivity contribution in [2.45, 2.75) is 51.0 Å². The van der Waals surface area contributed by atoms with Crippen LogP contribution in [0.15, 0.2) is 10.5 Å². The van der Waals surface area contributed by atoms with Crippen molar-refractivity contribution in [1.82, 2.24) is 5.32 Å². The Morgan fingerprint density at radius 3 is 3.00 bits per heavy atom. The highest BCUT2D eigenvalue weighted by molar-refractivity contribution is 9.10. The molecule has 1 N–H and O–H groups in total. The third kappa shape index (κ3) is 2.08. The first-order chi connectivity index (χ1) is 7.72. The predicted octanol–water partition coefficient (Wildman–Crippen LogP) is 3.23. The van der Waals surface area contributed by atoms with Crippen molar-refractivity contribution >= 4 is 27.3 Å². The van der Waals surface area contributed by atoms with Gasteiger partial charge in [-0.1, -0.05) is 0 Å². The van der Waals surface area contributed by atoms with E-state index in [0.29, 0.717) is 18.2 Å². The van der Waals surface area contributed by atoms with E-state index in [0.717, 1.165) is 6.54 Å². The summed E-state index contributed by atoms with van der Waals surface area (Å²) in [6.45, 7) is 3.13. The van der Waals surface area contributed by atoms with Crippen LogP contribution in [0, 0.1) is 6.92 Å². The van der Waals surface area contributed by atoms with Gasteiger partial charge in [-0.05, 0) is 48.2 Å². The van der Waals surface area contributed by atoms with Crippen LogP contribution >= 0.6 is 27.3 Å². The minimum absolute atomic E-state index is 0.481. The molecule has 2 aliphatic heterocycles. The van der Waals surface area contributed by atoms with Crippen molar-refractivity contribution < 1.29 is 4.74 Å². The van der Waals surface area contributed by atoms with Gasteiger partial charge >= 0.3 is 0 Å². The van der Waals surface area contributed by atoms with E-state index in [4.69, 9.17) is 4.74 Å². The standard InChI is InChI=1S/C12H16BrNOS/c1-7-10(13)5-9(16-7)6-14-11-4-8-2-3-12(11)15-8/h5,8,11-12,14H,2-4,6H2,1H3. The van der Waals surface area contributed by atoms with Crippen LogP contribution in [0.5, 0.6) is 0 Å². The first kappa shape index (κ1) is 11.2. The van der Waals surface area contributed by atoms with Gasteiger partial charge in [0.2, 0.25) is 0 Å². The normalized spacial score (nSPS) is 32.5. The van der Waals surface area contributed by atoms with E-state index in [1.54, 1.807) is 0 Å². The molecule has 2 saturated heterocycles. The van der Waals surface area contributed by atoms with Gasteiger partial charge in [0.15, 0.2) is 0 Å². The molecule has 88 valence electrons. The molecule has 0 aromatic carbocycles. The molecule has 0 radical (unpaired) electrons. The van der Waals surface area contributed by atoms with Crippen LogP contribution in [0.3, 0.4) is 0 Å². The van der Waals surface area contributed by atoms with Crippen molar-refractivity contribution in [2.24, 2.45) is 0 Å². The summed E-state index contributed by atoms with van der Waals surface area (Å²) in [6.07, 6.45) is 4.74. The fourth-order valence-corrected chi connectivity index (χ4v) is 4.24. The maximum Gasteiger partial charge on any atom is 0.0733 e. The van der Waals surface area contributed by atoms with E-state index in [1.165, 1.54) is 33.5 Å². The van der Waals surface area contributed by atoms with E-state index >= 15 is 0 Å².